The molecule has 3 atom stereocenters. The number of unbranched alkanes of at least 4 members (excludes halogenated alkanes) is 19. The molecule has 0 aromatic rings. The molecule has 12 heteroatoms. The van der Waals surface area contributed by atoms with Crippen LogP contribution in [0.2, 0.25) is 0 Å². The minimum absolute atomic E-state index is 0.145. The Morgan fingerprint density at radius 3 is 1.63 bits per heavy atom. The summed E-state index contributed by atoms with van der Waals surface area (Å²) in [5.41, 5.74) is 0. The van der Waals surface area contributed by atoms with Crippen LogP contribution in [0.1, 0.15) is 174 Å². The number of esters is 1. The fourth-order valence-electron chi connectivity index (χ4n) is 5.34. The maximum atomic E-state index is 12.3. The number of aliphatic carboxylic acids is 1. The van der Waals surface area contributed by atoms with Gasteiger partial charge in [-0.25, -0.2) is 9.36 Å². The van der Waals surface area contributed by atoms with E-state index in [0.717, 1.165) is 51.4 Å². The number of aliphatic hydroxyl groups excluding tert-OH is 1. The van der Waals surface area contributed by atoms with Crippen LogP contribution in [0.3, 0.4) is 0 Å². The highest BCUT2D eigenvalue weighted by Crippen LogP contribution is 2.43. The van der Waals surface area contributed by atoms with Crippen molar-refractivity contribution < 1.29 is 47.8 Å². The average Bonchev–Trinajstić information content (AvgIpc) is 3.10. The number of phosphoric acid groups is 1. The minimum Gasteiger partial charge on any atom is -0.480 e. The van der Waals surface area contributed by atoms with Gasteiger partial charge in [-0.3, -0.25) is 18.6 Å². The number of hydrogen-bond acceptors (Lipinski definition) is 8. The third-order valence-electron chi connectivity index (χ3n) is 8.49. The van der Waals surface area contributed by atoms with Crippen molar-refractivity contribution in [2.45, 2.75) is 187 Å². The van der Waals surface area contributed by atoms with Crippen molar-refractivity contribution in [1.82, 2.24) is 5.32 Å². The molecular weight excluding hydrogens is 673 g/mol. The van der Waals surface area contributed by atoms with Crippen molar-refractivity contribution in [3.8, 4) is 0 Å². The standard InChI is InChI=1S/C39H72NO10P/c1-3-5-7-9-11-12-13-14-15-16-17-18-19-20-21-22-23-24-25-26-28-30-37(42)40-36(39(44)45)34-50-51(46,47)49-33-35(41)32-48-38(43)31-29-27-10-8-6-4-2/h11-12,14-15,35-36,41H,3-10,13,16-34H2,1-2H3,(H,40,42)(H,44,45)(H,46,47)/b12-11-,15-14-. The first kappa shape index (κ1) is 49.0. The lowest BCUT2D eigenvalue weighted by Gasteiger charge is -2.18. The number of carboxylic acid groups (broad SMARTS) is 1. The van der Waals surface area contributed by atoms with Crippen LogP contribution in [0, 0.1) is 0 Å². The summed E-state index contributed by atoms with van der Waals surface area (Å²) in [5, 5.41) is 21.7. The lowest BCUT2D eigenvalue weighted by atomic mass is 10.0. The van der Waals surface area contributed by atoms with E-state index >= 15 is 0 Å². The smallest absolute Gasteiger partial charge is 0.472 e. The third-order valence-corrected chi connectivity index (χ3v) is 9.44. The predicted molar refractivity (Wildman–Crippen MR) is 203 cm³/mol. The largest absolute Gasteiger partial charge is 0.480 e. The van der Waals surface area contributed by atoms with Crippen LogP contribution in [0.5, 0.6) is 0 Å². The van der Waals surface area contributed by atoms with Gasteiger partial charge in [0.2, 0.25) is 5.91 Å². The Labute approximate surface area is 309 Å². The molecule has 0 aliphatic carbocycles. The summed E-state index contributed by atoms with van der Waals surface area (Å²) < 4.78 is 26.6. The molecule has 11 nitrogen and oxygen atoms in total. The van der Waals surface area contributed by atoms with Gasteiger partial charge in [0.25, 0.3) is 0 Å². The predicted octanol–water partition coefficient (Wildman–Crippen LogP) is 9.50. The summed E-state index contributed by atoms with van der Waals surface area (Å²) in [5.74, 6) is -2.38. The van der Waals surface area contributed by atoms with E-state index < -0.39 is 57.6 Å². The van der Waals surface area contributed by atoms with Crippen molar-refractivity contribution in [1.29, 1.82) is 0 Å². The van der Waals surface area contributed by atoms with Crippen LogP contribution in [0.25, 0.3) is 0 Å². The van der Waals surface area contributed by atoms with Crippen LogP contribution >= 0.6 is 7.82 Å². The van der Waals surface area contributed by atoms with Crippen molar-refractivity contribution in [2.24, 2.45) is 0 Å². The molecule has 0 saturated carbocycles. The number of rotatable bonds is 37. The van der Waals surface area contributed by atoms with Gasteiger partial charge in [0, 0.05) is 12.8 Å². The molecule has 298 valence electrons. The van der Waals surface area contributed by atoms with E-state index in [1.807, 2.05) is 0 Å². The molecule has 0 aliphatic rings. The SMILES string of the molecule is CCCCC/C=C\C/C=C\CCCCCCCCCCCCCC(=O)NC(COP(=O)(O)OCC(O)COC(=O)CCCCCCCC)C(=O)O. The third kappa shape index (κ3) is 34.8. The molecule has 0 aromatic heterocycles. The molecule has 0 aliphatic heterocycles. The summed E-state index contributed by atoms with van der Waals surface area (Å²) in [6.07, 6.45) is 33.9. The van der Waals surface area contributed by atoms with Crippen molar-refractivity contribution in [3.05, 3.63) is 24.3 Å². The van der Waals surface area contributed by atoms with Gasteiger partial charge in [-0.15, -0.1) is 0 Å². The van der Waals surface area contributed by atoms with Gasteiger partial charge >= 0.3 is 19.8 Å². The maximum absolute atomic E-state index is 12.3. The number of phosphoric ester groups is 1. The number of aliphatic hydroxyl groups is 1. The van der Waals surface area contributed by atoms with Crippen molar-refractivity contribution in [2.75, 3.05) is 19.8 Å². The van der Waals surface area contributed by atoms with Crippen LogP contribution in [-0.2, 0) is 32.7 Å². The highest BCUT2D eigenvalue weighted by atomic mass is 31.2. The monoisotopic (exact) mass is 745 g/mol. The fraction of sp³-hybridized carbons (Fsp3) is 0.821. The number of carbonyl (C=O) groups is 3. The van der Waals surface area contributed by atoms with E-state index in [4.69, 9.17) is 13.8 Å². The highest BCUT2D eigenvalue weighted by molar-refractivity contribution is 7.47. The fourth-order valence-corrected chi connectivity index (χ4v) is 6.12. The maximum Gasteiger partial charge on any atom is 0.472 e. The van der Waals surface area contributed by atoms with E-state index in [1.165, 1.54) is 83.5 Å². The van der Waals surface area contributed by atoms with Crippen LogP contribution in [0.4, 0.5) is 0 Å². The molecule has 0 aromatic carbocycles. The topological polar surface area (TPSA) is 169 Å². The Bertz CT molecular complexity index is 974. The summed E-state index contributed by atoms with van der Waals surface area (Å²) in [6, 6.07) is -1.54. The molecule has 0 heterocycles. The molecule has 0 bridgehead atoms. The van der Waals surface area contributed by atoms with Gasteiger partial charge < -0.3 is 25.2 Å². The van der Waals surface area contributed by atoms with Crippen LogP contribution in [0.15, 0.2) is 24.3 Å². The second-order valence-electron chi connectivity index (χ2n) is 13.5. The first-order valence-electron chi connectivity index (χ1n) is 19.9. The molecule has 0 radical (unpaired) electrons. The zero-order valence-corrected chi connectivity index (χ0v) is 32.8. The number of hydrogen-bond donors (Lipinski definition) is 4. The van der Waals surface area contributed by atoms with E-state index in [2.05, 4.69) is 43.5 Å². The number of amides is 1. The first-order valence-corrected chi connectivity index (χ1v) is 21.4. The molecule has 3 unspecified atom stereocenters. The molecule has 4 N–H and O–H groups in total. The second kappa shape index (κ2) is 35.0. The van der Waals surface area contributed by atoms with Crippen molar-refractivity contribution in [3.63, 3.8) is 0 Å². The van der Waals surface area contributed by atoms with Crippen LogP contribution < -0.4 is 5.32 Å². The summed E-state index contributed by atoms with van der Waals surface area (Å²) in [4.78, 5) is 45.5. The quantitative estimate of drug-likeness (QED) is 0.0208. The van der Waals surface area contributed by atoms with E-state index in [9.17, 15) is 34.1 Å². The Morgan fingerprint density at radius 1 is 0.627 bits per heavy atom. The number of carbonyl (C=O) groups excluding carboxylic acids is 2. The van der Waals surface area contributed by atoms with Gasteiger partial charge in [-0.2, -0.15) is 0 Å². The number of carboxylic acids is 1. The van der Waals surface area contributed by atoms with Gasteiger partial charge in [0.05, 0.1) is 13.2 Å². The van der Waals surface area contributed by atoms with Gasteiger partial charge in [0.15, 0.2) is 6.04 Å². The molecule has 0 saturated heterocycles. The number of ether oxygens (including phenoxy) is 1. The van der Waals surface area contributed by atoms with E-state index in [-0.39, 0.29) is 12.8 Å². The van der Waals surface area contributed by atoms with Gasteiger partial charge in [-0.05, 0) is 44.9 Å². The second-order valence-corrected chi connectivity index (χ2v) is 14.9. The molecule has 51 heavy (non-hydrogen) atoms. The Balaban J connectivity index is 3.88. The van der Waals surface area contributed by atoms with Crippen molar-refractivity contribution >= 4 is 25.7 Å². The summed E-state index contributed by atoms with van der Waals surface area (Å²) >= 11 is 0. The highest BCUT2D eigenvalue weighted by Gasteiger charge is 2.28. The molecular formula is C39H72NO10P. The Kier molecular flexibility index (Phi) is 33.6. The van der Waals surface area contributed by atoms with Crippen LogP contribution in [-0.4, -0.2) is 64.9 Å². The lowest BCUT2D eigenvalue weighted by Crippen LogP contribution is -2.43. The Hall–Kier alpha value is -2.04. The summed E-state index contributed by atoms with van der Waals surface area (Å²) in [6.45, 7) is 2.48. The molecule has 0 rings (SSSR count). The Morgan fingerprint density at radius 2 is 1.08 bits per heavy atom. The zero-order chi connectivity index (χ0) is 37.8. The minimum atomic E-state index is -4.74. The summed E-state index contributed by atoms with van der Waals surface area (Å²) in [7, 11) is -4.74. The van der Waals surface area contributed by atoms with Gasteiger partial charge in [0.1, 0.15) is 12.7 Å². The molecule has 0 fully saturated rings. The van der Waals surface area contributed by atoms with E-state index in [0.29, 0.717) is 12.8 Å². The van der Waals surface area contributed by atoms with E-state index in [1.54, 1.807) is 0 Å². The number of nitrogens with one attached hydrogen (secondary N) is 1. The zero-order valence-electron chi connectivity index (χ0n) is 31.9. The van der Waals surface area contributed by atoms with Gasteiger partial charge in [-0.1, -0.05) is 141 Å². The first-order chi connectivity index (χ1) is 24.6. The number of allylic oxidation sites excluding steroid dienone is 4. The normalized spacial score (nSPS) is 14.1. The molecule has 1 amide bonds. The lowest BCUT2D eigenvalue weighted by molar-refractivity contribution is -0.147. The average molecular weight is 746 g/mol. The molecule has 0 spiro atoms.